The van der Waals surface area contributed by atoms with Crippen LogP contribution in [-0.2, 0) is 6.42 Å². The van der Waals surface area contributed by atoms with E-state index in [-0.39, 0.29) is 11.3 Å². The van der Waals surface area contributed by atoms with E-state index in [1.54, 1.807) is 13.0 Å². The third-order valence-electron chi connectivity index (χ3n) is 3.46. The number of benzene rings is 1. The molecular weight excluding hydrogens is 226 g/mol. The van der Waals surface area contributed by atoms with Crippen molar-refractivity contribution in [2.45, 2.75) is 27.2 Å². The second-order valence-corrected chi connectivity index (χ2v) is 4.65. The number of aromatic hydroxyl groups is 1. The van der Waals surface area contributed by atoms with Crippen molar-refractivity contribution in [2.75, 3.05) is 0 Å². The van der Waals surface area contributed by atoms with Gasteiger partial charge in [-0.25, -0.2) is 0 Å². The van der Waals surface area contributed by atoms with Gasteiger partial charge in [0.05, 0.1) is 5.52 Å². The quantitative estimate of drug-likeness (QED) is 0.797. The summed E-state index contributed by atoms with van der Waals surface area (Å²) in [6.45, 7) is 9.25. The maximum atomic E-state index is 11.8. The van der Waals surface area contributed by atoms with Gasteiger partial charge in [0.1, 0.15) is 5.75 Å². The molecule has 0 spiro atoms. The number of phenols is 1. The fourth-order valence-corrected chi connectivity index (χ4v) is 2.28. The van der Waals surface area contributed by atoms with Crippen molar-refractivity contribution < 1.29 is 5.11 Å². The van der Waals surface area contributed by atoms with E-state index in [0.29, 0.717) is 17.5 Å². The summed E-state index contributed by atoms with van der Waals surface area (Å²) in [6.07, 6.45) is 2.37. The zero-order valence-electron chi connectivity index (χ0n) is 10.9. The number of aryl methyl sites for hydroxylation is 2. The van der Waals surface area contributed by atoms with E-state index in [4.69, 9.17) is 0 Å². The highest BCUT2D eigenvalue weighted by atomic mass is 16.3. The van der Waals surface area contributed by atoms with Crippen LogP contribution in [0.2, 0.25) is 0 Å². The Bertz CT molecular complexity index is 696. The Hall–Kier alpha value is -2.03. The Morgan fingerprint density at radius 1 is 1.33 bits per heavy atom. The van der Waals surface area contributed by atoms with Gasteiger partial charge in [0, 0.05) is 10.9 Å². The number of pyridine rings is 1. The predicted octanol–water partition coefficient (Wildman–Crippen LogP) is 2.89. The average molecular weight is 243 g/mol. The molecule has 0 fully saturated rings. The topological polar surface area (TPSA) is 53.1 Å². The van der Waals surface area contributed by atoms with Gasteiger partial charge in [0.15, 0.2) is 0 Å². The Labute approximate surface area is 106 Å². The molecule has 1 aromatic heterocycles. The van der Waals surface area contributed by atoms with Crippen molar-refractivity contribution in [3.8, 4) is 5.75 Å². The van der Waals surface area contributed by atoms with E-state index in [1.807, 2.05) is 19.9 Å². The molecule has 3 heteroatoms. The van der Waals surface area contributed by atoms with E-state index in [1.165, 1.54) is 0 Å². The van der Waals surface area contributed by atoms with Gasteiger partial charge in [-0.1, -0.05) is 6.08 Å². The van der Waals surface area contributed by atoms with Crippen LogP contribution >= 0.6 is 0 Å². The van der Waals surface area contributed by atoms with E-state index < -0.39 is 0 Å². The van der Waals surface area contributed by atoms with Crippen LogP contribution in [-0.4, -0.2) is 10.1 Å². The molecule has 0 aliphatic heterocycles. The maximum absolute atomic E-state index is 11.8. The van der Waals surface area contributed by atoms with Crippen molar-refractivity contribution in [1.29, 1.82) is 0 Å². The molecular formula is C15H17NO2. The number of rotatable bonds is 2. The fourth-order valence-electron chi connectivity index (χ4n) is 2.28. The van der Waals surface area contributed by atoms with Crippen LogP contribution < -0.4 is 5.56 Å². The van der Waals surface area contributed by atoms with Gasteiger partial charge in [-0.05, 0) is 49.9 Å². The van der Waals surface area contributed by atoms with Crippen molar-refractivity contribution in [3.05, 3.63) is 51.3 Å². The summed E-state index contributed by atoms with van der Waals surface area (Å²) < 4.78 is 0. The second kappa shape index (κ2) is 4.33. The van der Waals surface area contributed by atoms with Crippen LogP contribution in [0.15, 0.2) is 23.5 Å². The van der Waals surface area contributed by atoms with Crippen molar-refractivity contribution in [1.82, 2.24) is 4.98 Å². The number of aromatic nitrogens is 1. The summed E-state index contributed by atoms with van der Waals surface area (Å²) in [5.74, 6) is 0.243. The minimum Gasteiger partial charge on any atom is -0.507 e. The summed E-state index contributed by atoms with van der Waals surface area (Å²) in [7, 11) is 0. The number of phenolic OH excluding ortho intramolecular Hbond substituents is 1. The zero-order valence-corrected chi connectivity index (χ0v) is 10.9. The number of nitrogens with one attached hydrogen (secondary N) is 1. The molecule has 94 valence electrons. The lowest BCUT2D eigenvalue weighted by molar-refractivity contribution is 0.475. The van der Waals surface area contributed by atoms with Gasteiger partial charge in [-0.2, -0.15) is 0 Å². The van der Waals surface area contributed by atoms with Gasteiger partial charge in [-0.3, -0.25) is 4.79 Å². The Morgan fingerprint density at radius 3 is 2.61 bits per heavy atom. The van der Waals surface area contributed by atoms with Crippen LogP contribution in [0.5, 0.6) is 5.75 Å². The predicted molar refractivity (Wildman–Crippen MR) is 74.3 cm³/mol. The standard InChI is InChI=1S/C15H17NO2/c1-5-6-11-7-8(2)13-12(14(11)17)9(3)10(4)15(18)16-13/h5,7,17H,1,6H2,2-4H3,(H,16,18). The lowest BCUT2D eigenvalue weighted by atomic mass is 9.97. The first-order valence-corrected chi connectivity index (χ1v) is 5.93. The highest BCUT2D eigenvalue weighted by Crippen LogP contribution is 2.33. The van der Waals surface area contributed by atoms with Crippen molar-refractivity contribution in [3.63, 3.8) is 0 Å². The van der Waals surface area contributed by atoms with Gasteiger partial charge < -0.3 is 10.1 Å². The molecule has 0 radical (unpaired) electrons. The van der Waals surface area contributed by atoms with Crippen LogP contribution in [0.3, 0.4) is 0 Å². The second-order valence-electron chi connectivity index (χ2n) is 4.65. The molecule has 2 rings (SSSR count). The molecule has 0 bridgehead atoms. The smallest absolute Gasteiger partial charge is 0.251 e. The first-order valence-electron chi connectivity index (χ1n) is 5.93. The number of H-pyrrole nitrogens is 1. The van der Waals surface area contributed by atoms with Crippen LogP contribution in [0.1, 0.15) is 22.3 Å². The van der Waals surface area contributed by atoms with E-state index in [0.717, 1.165) is 22.1 Å². The molecule has 2 N–H and O–H groups in total. The molecule has 0 aliphatic carbocycles. The molecule has 3 nitrogen and oxygen atoms in total. The van der Waals surface area contributed by atoms with Crippen LogP contribution in [0.25, 0.3) is 10.9 Å². The SMILES string of the molecule is C=CCc1cc(C)c2[nH]c(=O)c(C)c(C)c2c1O. The Morgan fingerprint density at radius 2 is 2.00 bits per heavy atom. The lowest BCUT2D eigenvalue weighted by Gasteiger charge is -2.13. The molecule has 0 saturated carbocycles. The first-order chi connectivity index (χ1) is 8.47. The largest absolute Gasteiger partial charge is 0.507 e. The number of hydrogen-bond donors (Lipinski definition) is 2. The molecule has 0 unspecified atom stereocenters. The minimum atomic E-state index is -0.0982. The zero-order chi connectivity index (χ0) is 13.4. The highest BCUT2D eigenvalue weighted by molar-refractivity contribution is 5.92. The van der Waals surface area contributed by atoms with Crippen LogP contribution in [0.4, 0.5) is 0 Å². The van der Waals surface area contributed by atoms with Crippen molar-refractivity contribution in [2.24, 2.45) is 0 Å². The molecule has 0 amide bonds. The molecule has 18 heavy (non-hydrogen) atoms. The number of allylic oxidation sites excluding steroid dienone is 1. The number of aromatic amines is 1. The van der Waals surface area contributed by atoms with E-state index in [2.05, 4.69) is 11.6 Å². The normalized spacial score (nSPS) is 10.8. The monoisotopic (exact) mass is 243 g/mol. The van der Waals surface area contributed by atoms with Gasteiger partial charge in [-0.15, -0.1) is 6.58 Å². The van der Waals surface area contributed by atoms with Gasteiger partial charge >= 0.3 is 0 Å². The minimum absolute atomic E-state index is 0.0982. The summed E-state index contributed by atoms with van der Waals surface area (Å²) in [4.78, 5) is 14.6. The molecule has 0 saturated heterocycles. The summed E-state index contributed by atoms with van der Waals surface area (Å²) in [5, 5.41) is 11.1. The van der Waals surface area contributed by atoms with E-state index >= 15 is 0 Å². The molecule has 1 aromatic carbocycles. The molecule has 0 atom stereocenters. The summed E-state index contributed by atoms with van der Waals surface area (Å²) in [6, 6.07) is 1.89. The molecule has 2 aromatic rings. The Kier molecular flexibility index (Phi) is 2.99. The third-order valence-corrected chi connectivity index (χ3v) is 3.46. The summed E-state index contributed by atoms with van der Waals surface area (Å²) >= 11 is 0. The maximum Gasteiger partial charge on any atom is 0.251 e. The highest BCUT2D eigenvalue weighted by Gasteiger charge is 2.14. The summed E-state index contributed by atoms with van der Waals surface area (Å²) in [5.41, 5.74) is 3.89. The van der Waals surface area contributed by atoms with Gasteiger partial charge in [0.25, 0.3) is 5.56 Å². The van der Waals surface area contributed by atoms with Crippen molar-refractivity contribution >= 4 is 10.9 Å². The third kappa shape index (κ3) is 1.72. The van der Waals surface area contributed by atoms with E-state index in [9.17, 15) is 9.90 Å². The van der Waals surface area contributed by atoms with Crippen LogP contribution in [0, 0.1) is 20.8 Å². The number of hydrogen-bond acceptors (Lipinski definition) is 2. The first kappa shape index (κ1) is 12.4. The van der Waals surface area contributed by atoms with Gasteiger partial charge in [0.2, 0.25) is 0 Å². The Balaban J connectivity index is 2.99. The average Bonchev–Trinajstić information content (AvgIpc) is 2.32. The molecule has 1 heterocycles. The fraction of sp³-hybridized carbons (Fsp3) is 0.267. The lowest BCUT2D eigenvalue weighted by Crippen LogP contribution is -2.12. The number of fused-ring (bicyclic) bond motifs is 1. The molecule has 0 aliphatic rings.